The number of rotatable bonds is 10. The molecule has 0 aliphatic carbocycles. The number of alkyl halides is 2. The first kappa shape index (κ1) is 21.1. The first-order valence-electron chi connectivity index (χ1n) is 8.32. The van der Waals surface area contributed by atoms with E-state index in [-0.39, 0.29) is 12.3 Å². The van der Waals surface area contributed by atoms with Gasteiger partial charge in [-0.15, -0.1) is 0 Å². The number of hydrogen-bond acceptors (Lipinski definition) is 4. The molecule has 0 aromatic heterocycles. The molecule has 142 valence electrons. The molecule has 0 saturated carbocycles. The topological polar surface area (TPSA) is 69.1 Å². The summed E-state index contributed by atoms with van der Waals surface area (Å²) in [7, 11) is 4.04. The zero-order chi connectivity index (χ0) is 18.7. The number of guanidine groups is 1. The Morgan fingerprint density at radius 3 is 2.48 bits per heavy atom. The van der Waals surface area contributed by atoms with E-state index < -0.39 is 12.7 Å². The maximum absolute atomic E-state index is 12.1. The Morgan fingerprint density at radius 2 is 1.92 bits per heavy atom. The van der Waals surface area contributed by atoms with Crippen LogP contribution in [0, 0.1) is 0 Å². The average molecular weight is 358 g/mol. The van der Waals surface area contributed by atoms with Gasteiger partial charge in [-0.1, -0.05) is 12.1 Å². The Hall–Kier alpha value is -1.93. The zero-order valence-corrected chi connectivity index (χ0v) is 15.0. The molecule has 3 N–H and O–H groups in total. The molecule has 0 bridgehead atoms. The Morgan fingerprint density at radius 1 is 1.24 bits per heavy atom. The van der Waals surface area contributed by atoms with Gasteiger partial charge < -0.3 is 25.4 Å². The summed E-state index contributed by atoms with van der Waals surface area (Å²) >= 11 is 0. The summed E-state index contributed by atoms with van der Waals surface area (Å²) in [4.78, 5) is 6.46. The second-order valence-corrected chi connectivity index (χ2v) is 5.77. The predicted octanol–water partition coefficient (Wildman–Crippen LogP) is 1.83. The highest BCUT2D eigenvalue weighted by Crippen LogP contribution is 2.19. The summed E-state index contributed by atoms with van der Waals surface area (Å²) in [5.74, 6) is 0.698. The van der Waals surface area contributed by atoms with Crippen LogP contribution in [-0.2, 0) is 0 Å². The quantitative estimate of drug-likeness (QED) is 0.338. The number of halogens is 2. The van der Waals surface area contributed by atoms with Gasteiger partial charge in [-0.3, -0.25) is 4.99 Å². The van der Waals surface area contributed by atoms with Crippen molar-refractivity contribution in [1.29, 1.82) is 0 Å². The van der Waals surface area contributed by atoms with Crippen LogP contribution in [0.5, 0.6) is 5.75 Å². The van der Waals surface area contributed by atoms with Crippen LogP contribution >= 0.6 is 0 Å². The van der Waals surface area contributed by atoms with Crippen molar-refractivity contribution in [3.8, 4) is 5.75 Å². The van der Waals surface area contributed by atoms with Crippen LogP contribution in [0.4, 0.5) is 8.78 Å². The molecule has 1 atom stereocenters. The number of aliphatic hydroxyl groups is 1. The lowest BCUT2D eigenvalue weighted by molar-refractivity contribution is -0.0498. The molecular weight excluding hydrogens is 330 g/mol. The fourth-order valence-corrected chi connectivity index (χ4v) is 2.10. The molecule has 0 aliphatic heterocycles. The van der Waals surface area contributed by atoms with E-state index in [0.29, 0.717) is 11.5 Å². The van der Waals surface area contributed by atoms with Crippen molar-refractivity contribution in [3.05, 3.63) is 29.8 Å². The van der Waals surface area contributed by atoms with Crippen LogP contribution in [0.2, 0.25) is 0 Å². The molecule has 0 heterocycles. The van der Waals surface area contributed by atoms with E-state index in [1.165, 1.54) is 12.1 Å². The summed E-state index contributed by atoms with van der Waals surface area (Å²) in [6, 6.07) is 5.91. The normalized spacial score (nSPS) is 13.2. The van der Waals surface area contributed by atoms with Crippen molar-refractivity contribution in [3.63, 3.8) is 0 Å². The Bertz CT molecular complexity index is 510. The average Bonchev–Trinajstić information content (AvgIpc) is 2.56. The minimum absolute atomic E-state index is 0.0605. The van der Waals surface area contributed by atoms with Gasteiger partial charge in [-0.05, 0) is 51.7 Å². The van der Waals surface area contributed by atoms with Crippen molar-refractivity contribution in [2.24, 2.45) is 4.99 Å². The fourth-order valence-electron chi connectivity index (χ4n) is 2.10. The largest absolute Gasteiger partial charge is 0.435 e. The smallest absolute Gasteiger partial charge is 0.387 e. The minimum Gasteiger partial charge on any atom is -0.435 e. The molecule has 1 aromatic rings. The van der Waals surface area contributed by atoms with E-state index >= 15 is 0 Å². The highest BCUT2D eigenvalue weighted by atomic mass is 19.3. The highest BCUT2D eigenvalue weighted by molar-refractivity contribution is 5.79. The van der Waals surface area contributed by atoms with Crippen molar-refractivity contribution in [2.75, 3.05) is 40.3 Å². The molecule has 1 unspecified atom stereocenters. The van der Waals surface area contributed by atoms with Gasteiger partial charge in [0.1, 0.15) is 5.75 Å². The lowest BCUT2D eigenvalue weighted by Crippen LogP contribution is -2.38. The SMILES string of the molecule is CCNC(=NCC(O)c1ccc(OC(F)F)cc1)NCCCN(C)C. The third kappa shape index (κ3) is 9.21. The van der Waals surface area contributed by atoms with Crippen molar-refractivity contribution >= 4 is 5.96 Å². The maximum atomic E-state index is 12.1. The molecule has 25 heavy (non-hydrogen) atoms. The molecule has 0 aliphatic rings. The van der Waals surface area contributed by atoms with Gasteiger partial charge in [0.15, 0.2) is 5.96 Å². The summed E-state index contributed by atoms with van der Waals surface area (Å²) < 4.78 is 28.5. The van der Waals surface area contributed by atoms with Crippen LogP contribution in [0.15, 0.2) is 29.3 Å². The predicted molar refractivity (Wildman–Crippen MR) is 95.2 cm³/mol. The second kappa shape index (κ2) is 11.6. The summed E-state index contributed by atoms with van der Waals surface area (Å²) in [5.41, 5.74) is 0.592. The first-order valence-corrected chi connectivity index (χ1v) is 8.32. The van der Waals surface area contributed by atoms with Gasteiger partial charge >= 0.3 is 6.61 Å². The number of nitrogens with zero attached hydrogens (tertiary/aromatic N) is 2. The summed E-state index contributed by atoms with van der Waals surface area (Å²) in [5, 5.41) is 16.5. The van der Waals surface area contributed by atoms with Crippen LogP contribution in [-0.4, -0.2) is 62.9 Å². The number of hydrogen-bond donors (Lipinski definition) is 3. The monoisotopic (exact) mass is 358 g/mol. The van der Waals surface area contributed by atoms with E-state index in [9.17, 15) is 13.9 Å². The van der Waals surface area contributed by atoms with Gasteiger partial charge in [0.2, 0.25) is 0 Å². The van der Waals surface area contributed by atoms with Gasteiger partial charge in [-0.25, -0.2) is 0 Å². The van der Waals surface area contributed by atoms with Crippen LogP contribution < -0.4 is 15.4 Å². The van der Waals surface area contributed by atoms with E-state index in [1.807, 2.05) is 21.0 Å². The van der Waals surface area contributed by atoms with Gasteiger partial charge in [0, 0.05) is 13.1 Å². The van der Waals surface area contributed by atoms with E-state index in [0.717, 1.165) is 26.1 Å². The molecule has 0 radical (unpaired) electrons. The van der Waals surface area contributed by atoms with Gasteiger partial charge in [0.05, 0.1) is 12.6 Å². The fraction of sp³-hybridized carbons (Fsp3) is 0.588. The summed E-state index contributed by atoms with van der Waals surface area (Å²) in [6.07, 6.45) is 0.156. The number of nitrogens with one attached hydrogen (secondary N) is 2. The molecule has 0 fully saturated rings. The molecule has 8 heteroatoms. The van der Waals surface area contributed by atoms with E-state index in [1.54, 1.807) is 12.1 Å². The van der Waals surface area contributed by atoms with Crippen LogP contribution in [0.1, 0.15) is 25.0 Å². The minimum atomic E-state index is -2.86. The second-order valence-electron chi connectivity index (χ2n) is 5.77. The van der Waals surface area contributed by atoms with E-state index in [4.69, 9.17) is 0 Å². The highest BCUT2D eigenvalue weighted by Gasteiger charge is 2.09. The third-order valence-corrected chi connectivity index (χ3v) is 3.33. The molecule has 6 nitrogen and oxygen atoms in total. The number of ether oxygens (including phenoxy) is 1. The number of aliphatic hydroxyl groups excluding tert-OH is 1. The standard InChI is InChI=1S/C17H28F2N4O2/c1-4-20-17(21-10-5-11-23(2)3)22-12-15(24)13-6-8-14(9-7-13)25-16(18)19/h6-9,15-16,24H,4-5,10-12H2,1-3H3,(H2,20,21,22). The van der Waals surface area contributed by atoms with E-state index in [2.05, 4.69) is 25.3 Å². The van der Waals surface area contributed by atoms with Crippen molar-refractivity contribution in [1.82, 2.24) is 15.5 Å². The maximum Gasteiger partial charge on any atom is 0.387 e. The van der Waals surface area contributed by atoms with Crippen molar-refractivity contribution in [2.45, 2.75) is 26.1 Å². The lowest BCUT2D eigenvalue weighted by atomic mass is 10.1. The Kier molecular flexibility index (Phi) is 9.79. The number of aliphatic imine (C=N–C) groups is 1. The Balaban J connectivity index is 2.53. The van der Waals surface area contributed by atoms with Crippen molar-refractivity contribution < 1.29 is 18.6 Å². The van der Waals surface area contributed by atoms with Gasteiger partial charge in [-0.2, -0.15) is 8.78 Å². The molecule has 0 saturated heterocycles. The zero-order valence-electron chi connectivity index (χ0n) is 15.0. The molecule has 1 aromatic carbocycles. The van der Waals surface area contributed by atoms with Crippen LogP contribution in [0.3, 0.4) is 0 Å². The first-order chi connectivity index (χ1) is 11.9. The third-order valence-electron chi connectivity index (χ3n) is 3.33. The number of benzene rings is 1. The lowest BCUT2D eigenvalue weighted by Gasteiger charge is -2.15. The molecular formula is C17H28F2N4O2. The Labute approximate surface area is 147 Å². The molecule has 0 amide bonds. The van der Waals surface area contributed by atoms with Gasteiger partial charge in [0.25, 0.3) is 0 Å². The van der Waals surface area contributed by atoms with Crippen LogP contribution in [0.25, 0.3) is 0 Å². The molecule has 1 rings (SSSR count). The summed E-state index contributed by atoms with van der Waals surface area (Å²) in [6.45, 7) is 1.74. The molecule has 0 spiro atoms.